The van der Waals surface area contributed by atoms with Gasteiger partial charge in [0, 0.05) is 68.6 Å². The van der Waals surface area contributed by atoms with E-state index in [1.54, 1.807) is 0 Å². The normalized spacial score (nSPS) is 22.7. The first kappa shape index (κ1) is 22.2. The minimum absolute atomic E-state index is 0.398. The number of anilines is 1. The molecule has 2 fully saturated rings. The number of hydrogen-bond acceptors (Lipinski definition) is 4. The van der Waals surface area contributed by atoms with Gasteiger partial charge in [-0.2, -0.15) is 0 Å². The second-order valence-corrected chi connectivity index (χ2v) is 8.53. The van der Waals surface area contributed by atoms with Crippen molar-refractivity contribution < 1.29 is 0 Å². The predicted molar refractivity (Wildman–Crippen MR) is 124 cm³/mol. The van der Waals surface area contributed by atoms with Gasteiger partial charge in [0.25, 0.3) is 0 Å². The summed E-state index contributed by atoms with van der Waals surface area (Å²) >= 11 is 6.16. The Morgan fingerprint density at radius 1 is 1.21 bits per heavy atom. The highest BCUT2D eigenvalue weighted by Crippen LogP contribution is 2.23. The van der Waals surface area contributed by atoms with Crippen molar-refractivity contribution in [1.82, 2.24) is 20.4 Å². The van der Waals surface area contributed by atoms with E-state index in [9.17, 15) is 0 Å². The van der Waals surface area contributed by atoms with Crippen molar-refractivity contribution in [3.63, 3.8) is 0 Å². The first-order valence-corrected chi connectivity index (χ1v) is 11.5. The van der Waals surface area contributed by atoms with Gasteiger partial charge >= 0.3 is 0 Å². The van der Waals surface area contributed by atoms with E-state index in [1.807, 2.05) is 18.2 Å². The van der Waals surface area contributed by atoms with E-state index < -0.39 is 0 Å². The highest BCUT2D eigenvalue weighted by Gasteiger charge is 2.24. The number of likely N-dealkylation sites (N-methyl/N-ethyl adjacent to an activating group) is 1. The van der Waals surface area contributed by atoms with Crippen LogP contribution in [-0.2, 0) is 0 Å². The monoisotopic (exact) mass is 420 g/mol. The summed E-state index contributed by atoms with van der Waals surface area (Å²) < 4.78 is 0. The summed E-state index contributed by atoms with van der Waals surface area (Å²) in [7, 11) is 0. The fraction of sp³-hybridized carbons (Fsp3) is 0.682. The standard InChI is InChI=1S/C22H37ClN6/c1-4-24-22(25-16-18(3)28-13-11-27(5-2)12-14-28)26-20-9-10-29(17-20)21-8-6-7-19(23)15-21/h6-8,15,18,20H,4-5,9-14,16-17H2,1-3H3,(H2,24,25,26). The Hall–Kier alpha value is -1.50. The Morgan fingerprint density at radius 3 is 2.69 bits per heavy atom. The third-order valence-electron chi connectivity index (χ3n) is 6.04. The van der Waals surface area contributed by atoms with Gasteiger partial charge in [-0.15, -0.1) is 0 Å². The summed E-state index contributed by atoms with van der Waals surface area (Å²) in [5.74, 6) is 0.935. The quantitative estimate of drug-likeness (QED) is 0.524. The predicted octanol–water partition coefficient (Wildman–Crippen LogP) is 2.50. The molecule has 0 saturated carbocycles. The van der Waals surface area contributed by atoms with Crippen LogP contribution in [0.1, 0.15) is 27.2 Å². The second-order valence-electron chi connectivity index (χ2n) is 8.09. The first-order chi connectivity index (χ1) is 14.1. The maximum absolute atomic E-state index is 6.16. The Balaban J connectivity index is 1.50. The molecule has 0 aliphatic carbocycles. The molecule has 3 rings (SSSR count). The molecule has 2 unspecified atom stereocenters. The Kier molecular flexibility index (Phi) is 8.45. The topological polar surface area (TPSA) is 46.1 Å². The number of aliphatic imine (C=N–C) groups is 1. The largest absolute Gasteiger partial charge is 0.369 e. The van der Waals surface area contributed by atoms with E-state index in [-0.39, 0.29) is 0 Å². The highest BCUT2D eigenvalue weighted by molar-refractivity contribution is 6.30. The number of nitrogens with one attached hydrogen (secondary N) is 2. The molecule has 162 valence electrons. The van der Waals surface area contributed by atoms with Crippen LogP contribution in [0.5, 0.6) is 0 Å². The molecule has 0 amide bonds. The molecule has 2 N–H and O–H groups in total. The minimum atomic E-state index is 0.398. The number of rotatable bonds is 7. The van der Waals surface area contributed by atoms with E-state index in [2.05, 4.69) is 52.2 Å². The van der Waals surface area contributed by atoms with Crippen LogP contribution in [0.3, 0.4) is 0 Å². The van der Waals surface area contributed by atoms with Crippen molar-refractivity contribution in [2.75, 3.05) is 63.8 Å². The van der Waals surface area contributed by atoms with Gasteiger partial charge in [-0.1, -0.05) is 24.6 Å². The van der Waals surface area contributed by atoms with Crippen LogP contribution in [0.4, 0.5) is 5.69 Å². The molecule has 29 heavy (non-hydrogen) atoms. The molecule has 0 radical (unpaired) electrons. The van der Waals surface area contributed by atoms with Gasteiger partial charge in [-0.3, -0.25) is 9.89 Å². The first-order valence-electron chi connectivity index (χ1n) is 11.1. The Labute approximate surface area is 181 Å². The van der Waals surface area contributed by atoms with E-state index >= 15 is 0 Å². The average Bonchev–Trinajstić information content (AvgIpc) is 3.20. The molecular weight excluding hydrogens is 384 g/mol. The Bertz CT molecular complexity index is 658. The smallest absolute Gasteiger partial charge is 0.191 e. The van der Waals surface area contributed by atoms with Crippen LogP contribution in [0.2, 0.25) is 5.02 Å². The molecule has 2 saturated heterocycles. The summed E-state index contributed by atoms with van der Waals surface area (Å²) in [6.45, 7) is 16.2. The van der Waals surface area contributed by atoms with Gasteiger partial charge < -0.3 is 20.4 Å². The number of piperazine rings is 1. The van der Waals surface area contributed by atoms with Crippen LogP contribution in [-0.4, -0.2) is 86.7 Å². The molecule has 1 aromatic carbocycles. The van der Waals surface area contributed by atoms with Crippen molar-refractivity contribution >= 4 is 23.2 Å². The van der Waals surface area contributed by atoms with Crippen LogP contribution >= 0.6 is 11.6 Å². The molecule has 6 nitrogen and oxygen atoms in total. The lowest BCUT2D eigenvalue weighted by Gasteiger charge is -2.37. The summed E-state index contributed by atoms with van der Waals surface area (Å²) in [6.07, 6.45) is 1.10. The highest BCUT2D eigenvalue weighted by atomic mass is 35.5. The fourth-order valence-corrected chi connectivity index (χ4v) is 4.34. The lowest BCUT2D eigenvalue weighted by atomic mass is 10.2. The molecule has 7 heteroatoms. The summed E-state index contributed by atoms with van der Waals surface area (Å²) in [6, 6.07) is 8.99. The molecule has 0 aromatic heterocycles. The number of nitrogens with zero attached hydrogens (tertiary/aromatic N) is 4. The van der Waals surface area contributed by atoms with Crippen molar-refractivity contribution in [3.05, 3.63) is 29.3 Å². The van der Waals surface area contributed by atoms with Crippen molar-refractivity contribution in [2.24, 2.45) is 4.99 Å². The third kappa shape index (κ3) is 6.49. The molecule has 0 spiro atoms. The molecule has 2 heterocycles. The van der Waals surface area contributed by atoms with Crippen molar-refractivity contribution in [1.29, 1.82) is 0 Å². The lowest BCUT2D eigenvalue weighted by Crippen LogP contribution is -2.50. The molecule has 0 bridgehead atoms. The molecule has 2 aliphatic heterocycles. The lowest BCUT2D eigenvalue weighted by molar-refractivity contribution is 0.109. The van der Waals surface area contributed by atoms with Gasteiger partial charge in [0.05, 0.1) is 6.54 Å². The van der Waals surface area contributed by atoms with E-state index in [4.69, 9.17) is 16.6 Å². The SMILES string of the molecule is CCNC(=NCC(C)N1CCN(CC)CC1)NC1CCN(c2cccc(Cl)c2)C1. The molecule has 1 aromatic rings. The zero-order valence-electron chi connectivity index (χ0n) is 18.2. The number of hydrogen-bond donors (Lipinski definition) is 2. The van der Waals surface area contributed by atoms with E-state index in [1.165, 1.54) is 18.8 Å². The van der Waals surface area contributed by atoms with Gasteiger partial charge in [0.1, 0.15) is 0 Å². The van der Waals surface area contributed by atoms with E-state index in [0.717, 1.165) is 63.2 Å². The van der Waals surface area contributed by atoms with Crippen LogP contribution < -0.4 is 15.5 Å². The van der Waals surface area contributed by atoms with Crippen LogP contribution in [0.25, 0.3) is 0 Å². The number of halogens is 1. The van der Waals surface area contributed by atoms with E-state index in [0.29, 0.717) is 12.1 Å². The molecule has 2 aliphatic rings. The van der Waals surface area contributed by atoms with Gasteiger partial charge in [0.15, 0.2) is 5.96 Å². The van der Waals surface area contributed by atoms with Crippen LogP contribution in [0, 0.1) is 0 Å². The Morgan fingerprint density at radius 2 is 2.00 bits per heavy atom. The zero-order chi connectivity index (χ0) is 20.6. The zero-order valence-corrected chi connectivity index (χ0v) is 19.0. The van der Waals surface area contributed by atoms with Crippen molar-refractivity contribution in [3.8, 4) is 0 Å². The van der Waals surface area contributed by atoms with Gasteiger partial charge in [0.2, 0.25) is 0 Å². The minimum Gasteiger partial charge on any atom is -0.369 e. The van der Waals surface area contributed by atoms with Gasteiger partial charge in [-0.25, -0.2) is 0 Å². The number of guanidine groups is 1. The van der Waals surface area contributed by atoms with Gasteiger partial charge in [-0.05, 0) is 45.0 Å². The molecule has 2 atom stereocenters. The van der Waals surface area contributed by atoms with Crippen molar-refractivity contribution in [2.45, 2.75) is 39.3 Å². The summed E-state index contributed by atoms with van der Waals surface area (Å²) in [5.41, 5.74) is 1.20. The number of benzene rings is 1. The van der Waals surface area contributed by atoms with Crippen LogP contribution in [0.15, 0.2) is 29.3 Å². The summed E-state index contributed by atoms with van der Waals surface area (Å²) in [4.78, 5) is 12.4. The maximum Gasteiger partial charge on any atom is 0.191 e. The fourth-order valence-electron chi connectivity index (χ4n) is 4.16. The second kappa shape index (κ2) is 11.0. The average molecular weight is 421 g/mol. The summed E-state index contributed by atoms with van der Waals surface area (Å²) in [5, 5.41) is 7.86. The third-order valence-corrected chi connectivity index (χ3v) is 6.27. The maximum atomic E-state index is 6.16. The molecular formula is C22H37ClN6.